The Morgan fingerprint density at radius 1 is 1.33 bits per heavy atom. The van der Waals surface area contributed by atoms with Gasteiger partial charge in [0, 0.05) is 12.7 Å². The smallest absolute Gasteiger partial charge is 0.308 e. The summed E-state index contributed by atoms with van der Waals surface area (Å²) in [4.78, 5) is 33.7. The zero-order valence-corrected chi connectivity index (χ0v) is 17.0. The number of likely N-dealkylation sites (tertiary alicyclic amines) is 1. The lowest BCUT2D eigenvalue weighted by molar-refractivity contribution is -0.310. The number of carbonyl (C=O) groups is 2. The van der Waals surface area contributed by atoms with Gasteiger partial charge in [-0.1, -0.05) is 11.3 Å². The molecule has 0 saturated carbocycles. The molecule has 0 bridgehead atoms. The van der Waals surface area contributed by atoms with Crippen LogP contribution in [-0.4, -0.2) is 45.6 Å². The van der Waals surface area contributed by atoms with Crippen molar-refractivity contribution in [3.05, 3.63) is 29.7 Å². The SMILES string of the molecule is Cc1nc(NC(=O)N2CCCC2C([NH3+])=O)sc1-c1ccnc(C(C)(F)C(F)(F)F)c1. The number of aryl methyl sites for hydroxylation is 1. The molecule has 1 saturated heterocycles. The van der Waals surface area contributed by atoms with E-state index >= 15 is 0 Å². The van der Waals surface area contributed by atoms with Crippen molar-refractivity contribution in [2.75, 3.05) is 11.9 Å². The first kappa shape index (κ1) is 22.1. The fraction of sp³-hybridized carbons (Fsp3) is 0.444. The Morgan fingerprint density at radius 3 is 2.67 bits per heavy atom. The first-order valence-electron chi connectivity index (χ1n) is 9.05. The molecule has 3 amide bonds. The lowest BCUT2D eigenvalue weighted by Gasteiger charge is -2.23. The Kier molecular flexibility index (Phi) is 5.83. The van der Waals surface area contributed by atoms with Gasteiger partial charge in [0.15, 0.2) is 5.13 Å². The van der Waals surface area contributed by atoms with Crippen LogP contribution in [0.1, 0.15) is 31.2 Å². The van der Waals surface area contributed by atoms with E-state index in [0.717, 1.165) is 23.6 Å². The molecule has 0 aromatic carbocycles. The quantitative estimate of drug-likeness (QED) is 0.705. The number of thiazole rings is 1. The number of alkyl halides is 4. The van der Waals surface area contributed by atoms with Gasteiger partial charge in [-0.05, 0) is 44.4 Å². The van der Waals surface area contributed by atoms with Gasteiger partial charge < -0.3 is 4.90 Å². The average molecular weight is 446 g/mol. The number of anilines is 1. The van der Waals surface area contributed by atoms with E-state index < -0.39 is 29.6 Å². The van der Waals surface area contributed by atoms with Gasteiger partial charge in [0.05, 0.1) is 16.3 Å². The predicted octanol–water partition coefficient (Wildman–Crippen LogP) is 3.03. The standard InChI is InChI=1S/C18H19F4N5O2S/c1-9-13(10-5-6-24-12(8-10)17(2,19)18(20,21)22)30-15(25-9)26-16(29)27-7-3-4-11(27)14(23)28/h5-6,8,11H,3-4,7H2,1-2H3,(H2,23,28)(H,25,26,29)/p+1. The Morgan fingerprint density at radius 2 is 2.03 bits per heavy atom. The van der Waals surface area contributed by atoms with Crippen molar-refractivity contribution in [3.63, 3.8) is 0 Å². The van der Waals surface area contributed by atoms with E-state index in [2.05, 4.69) is 21.0 Å². The number of nitrogens with one attached hydrogen (secondary N) is 1. The van der Waals surface area contributed by atoms with Gasteiger partial charge in [0.1, 0.15) is 6.04 Å². The molecule has 2 aromatic heterocycles. The molecule has 2 unspecified atom stereocenters. The number of aromatic nitrogens is 2. The topological polar surface area (TPSA) is 103 Å². The molecule has 4 N–H and O–H groups in total. The van der Waals surface area contributed by atoms with E-state index in [4.69, 9.17) is 0 Å². The molecule has 0 aliphatic carbocycles. The lowest BCUT2D eigenvalue weighted by Crippen LogP contribution is -2.65. The van der Waals surface area contributed by atoms with Gasteiger partial charge in [-0.25, -0.2) is 19.0 Å². The minimum absolute atomic E-state index is 0.215. The van der Waals surface area contributed by atoms with Crippen molar-refractivity contribution in [3.8, 4) is 10.4 Å². The van der Waals surface area contributed by atoms with Gasteiger partial charge in [-0.3, -0.25) is 16.0 Å². The predicted molar refractivity (Wildman–Crippen MR) is 101 cm³/mol. The largest absolute Gasteiger partial charge is 0.428 e. The van der Waals surface area contributed by atoms with E-state index in [0.29, 0.717) is 42.4 Å². The maximum Gasteiger partial charge on any atom is 0.428 e. The number of carbonyl (C=O) groups excluding carboxylic acids is 2. The number of rotatable bonds is 4. The van der Waals surface area contributed by atoms with Crippen LogP contribution in [0.2, 0.25) is 0 Å². The van der Waals surface area contributed by atoms with E-state index in [1.54, 1.807) is 6.92 Å². The van der Waals surface area contributed by atoms with E-state index in [1.807, 2.05) is 0 Å². The summed E-state index contributed by atoms with van der Waals surface area (Å²) in [7, 11) is 0. The fourth-order valence-electron chi connectivity index (χ4n) is 3.20. The second-order valence-corrected chi connectivity index (χ2v) is 8.11. The highest BCUT2D eigenvalue weighted by molar-refractivity contribution is 7.19. The van der Waals surface area contributed by atoms with E-state index in [-0.39, 0.29) is 11.0 Å². The van der Waals surface area contributed by atoms with Crippen LogP contribution in [0.5, 0.6) is 0 Å². The fourth-order valence-corrected chi connectivity index (χ4v) is 4.15. The molecule has 2 atom stereocenters. The van der Waals surface area contributed by atoms with Crippen molar-refractivity contribution in [2.24, 2.45) is 0 Å². The summed E-state index contributed by atoms with van der Waals surface area (Å²) in [6.45, 7) is 2.45. The van der Waals surface area contributed by atoms with Gasteiger partial charge in [-0.15, -0.1) is 0 Å². The molecule has 2 aromatic rings. The third kappa shape index (κ3) is 4.15. The molecule has 1 aliphatic heterocycles. The van der Waals surface area contributed by atoms with E-state index in [9.17, 15) is 27.2 Å². The molecular weight excluding hydrogens is 426 g/mol. The maximum absolute atomic E-state index is 14.3. The second-order valence-electron chi connectivity index (χ2n) is 7.11. The van der Waals surface area contributed by atoms with Crippen LogP contribution in [0, 0.1) is 6.92 Å². The van der Waals surface area contributed by atoms with Crippen molar-refractivity contribution < 1.29 is 32.9 Å². The van der Waals surface area contributed by atoms with Crippen LogP contribution in [0.25, 0.3) is 10.4 Å². The summed E-state index contributed by atoms with van der Waals surface area (Å²) >= 11 is 1.03. The van der Waals surface area contributed by atoms with Crippen LogP contribution in [0.15, 0.2) is 18.3 Å². The monoisotopic (exact) mass is 446 g/mol. The zero-order chi connectivity index (χ0) is 22.3. The van der Waals surface area contributed by atoms with Crippen molar-refractivity contribution >= 4 is 28.4 Å². The Bertz CT molecular complexity index is 976. The van der Waals surface area contributed by atoms with E-state index in [1.165, 1.54) is 11.0 Å². The number of amides is 3. The van der Waals surface area contributed by atoms with Crippen LogP contribution >= 0.6 is 11.3 Å². The summed E-state index contributed by atoms with van der Waals surface area (Å²) in [5.41, 5.74) is -0.246. The van der Waals surface area contributed by atoms with Gasteiger partial charge in [-0.2, -0.15) is 13.2 Å². The highest BCUT2D eigenvalue weighted by Gasteiger charge is 2.54. The second kappa shape index (κ2) is 7.91. The van der Waals surface area contributed by atoms with Crippen molar-refractivity contribution in [1.29, 1.82) is 0 Å². The molecule has 7 nitrogen and oxygen atoms in total. The number of halogens is 4. The Labute approximate surface area is 173 Å². The van der Waals surface area contributed by atoms with Crippen molar-refractivity contribution in [2.45, 2.75) is 44.6 Å². The summed E-state index contributed by atoms with van der Waals surface area (Å²) in [5.74, 6) is -0.345. The van der Waals surface area contributed by atoms with Crippen LogP contribution < -0.4 is 11.1 Å². The number of pyridine rings is 1. The lowest BCUT2D eigenvalue weighted by atomic mass is 10.0. The molecule has 1 fully saturated rings. The van der Waals surface area contributed by atoms with Gasteiger partial charge >= 0.3 is 18.1 Å². The zero-order valence-electron chi connectivity index (χ0n) is 16.2. The molecule has 0 radical (unpaired) electrons. The summed E-state index contributed by atoms with van der Waals surface area (Å²) in [6.07, 6.45) is -2.79. The molecule has 3 heterocycles. The molecule has 12 heteroatoms. The molecule has 1 aliphatic rings. The minimum Gasteiger partial charge on any atom is -0.308 e. The Balaban J connectivity index is 1.84. The van der Waals surface area contributed by atoms with Gasteiger partial charge in [0.2, 0.25) is 5.67 Å². The number of urea groups is 1. The van der Waals surface area contributed by atoms with Crippen LogP contribution in [0.4, 0.5) is 27.5 Å². The number of quaternary nitrogens is 1. The summed E-state index contributed by atoms with van der Waals surface area (Å²) in [5, 5.41) is 2.83. The highest BCUT2D eigenvalue weighted by Crippen LogP contribution is 2.42. The van der Waals surface area contributed by atoms with Crippen LogP contribution in [-0.2, 0) is 10.5 Å². The highest BCUT2D eigenvalue weighted by atomic mass is 32.1. The summed E-state index contributed by atoms with van der Waals surface area (Å²) in [6, 6.07) is 1.38. The first-order chi connectivity index (χ1) is 13.9. The maximum atomic E-state index is 14.3. The van der Waals surface area contributed by atoms with Gasteiger partial charge in [0.25, 0.3) is 0 Å². The third-order valence-electron chi connectivity index (χ3n) is 4.93. The molecular formula is C18H20F4N5O2S+. The Hall–Kier alpha value is -2.60. The molecule has 3 rings (SSSR count). The normalized spacial score (nSPS) is 18.9. The molecule has 162 valence electrons. The third-order valence-corrected chi connectivity index (χ3v) is 6.05. The first-order valence-corrected chi connectivity index (χ1v) is 9.87. The number of hydrogen-bond acceptors (Lipinski definition) is 5. The number of nitrogens with zero attached hydrogens (tertiary/aromatic N) is 3. The average Bonchev–Trinajstić information content (AvgIpc) is 3.28. The molecule has 0 spiro atoms. The minimum atomic E-state index is -5.11. The summed E-state index contributed by atoms with van der Waals surface area (Å²) < 4.78 is 53.3. The number of hydrogen-bond donors (Lipinski definition) is 2. The van der Waals surface area contributed by atoms with Crippen molar-refractivity contribution in [1.82, 2.24) is 14.9 Å². The van der Waals surface area contributed by atoms with Crippen LogP contribution in [0.3, 0.4) is 0 Å². The molecule has 30 heavy (non-hydrogen) atoms.